The molecule has 2 saturated heterocycles. The number of amides is 3. The third kappa shape index (κ3) is 4.76. The lowest BCUT2D eigenvalue weighted by atomic mass is 9.75. The van der Waals surface area contributed by atoms with Gasteiger partial charge in [-0.15, -0.1) is 0 Å². The summed E-state index contributed by atoms with van der Waals surface area (Å²) in [4.78, 5) is 42.0. The van der Waals surface area contributed by atoms with Crippen LogP contribution in [-0.4, -0.2) is 61.4 Å². The normalized spacial score (nSPS) is 22.7. The van der Waals surface area contributed by atoms with E-state index in [9.17, 15) is 18.8 Å². The van der Waals surface area contributed by atoms with Gasteiger partial charge in [-0.3, -0.25) is 19.3 Å². The molecular formula is C26H29FN2O5. The summed E-state index contributed by atoms with van der Waals surface area (Å²) in [5.74, 6) is 0.120. The number of likely N-dealkylation sites (N-methyl/N-ethyl adjacent to an activating group) is 1. The van der Waals surface area contributed by atoms with Crippen molar-refractivity contribution < 1.29 is 28.2 Å². The minimum absolute atomic E-state index is 0.0494. The lowest BCUT2D eigenvalue weighted by molar-refractivity contribution is -0.142. The first-order chi connectivity index (χ1) is 16.3. The van der Waals surface area contributed by atoms with Gasteiger partial charge in [0.05, 0.1) is 19.1 Å². The number of piperidine rings is 1. The minimum Gasteiger partial charge on any atom is -0.497 e. The molecule has 2 fully saturated rings. The largest absolute Gasteiger partial charge is 0.497 e. The molecule has 2 aromatic rings. The highest BCUT2D eigenvalue weighted by Gasteiger charge is 2.53. The number of ether oxygens (including phenoxy) is 2. The molecule has 2 aliphatic rings. The van der Waals surface area contributed by atoms with Gasteiger partial charge in [0.1, 0.15) is 17.3 Å². The van der Waals surface area contributed by atoms with Crippen LogP contribution in [0.1, 0.15) is 31.2 Å². The third-order valence-corrected chi connectivity index (χ3v) is 6.79. The molecule has 0 spiro atoms. The number of likely N-dealkylation sites (tertiary alicyclic amines) is 2. The van der Waals surface area contributed by atoms with Gasteiger partial charge in [-0.2, -0.15) is 0 Å². The van der Waals surface area contributed by atoms with Crippen LogP contribution in [0.15, 0.2) is 48.5 Å². The molecule has 2 unspecified atom stereocenters. The Balaban J connectivity index is 1.48. The number of rotatable bonds is 7. The zero-order valence-corrected chi connectivity index (χ0v) is 19.5. The molecule has 0 bridgehead atoms. The molecule has 0 saturated carbocycles. The van der Waals surface area contributed by atoms with E-state index in [-0.39, 0.29) is 42.3 Å². The van der Waals surface area contributed by atoms with E-state index >= 15 is 0 Å². The molecule has 4 rings (SSSR count). The number of benzene rings is 2. The first kappa shape index (κ1) is 23.7. The van der Waals surface area contributed by atoms with Crippen LogP contribution >= 0.6 is 0 Å². The van der Waals surface area contributed by atoms with E-state index in [4.69, 9.17) is 9.47 Å². The highest BCUT2D eigenvalue weighted by Crippen LogP contribution is 2.41. The number of nitrogens with zero attached hydrogens (tertiary/aromatic N) is 2. The first-order valence-electron chi connectivity index (χ1n) is 11.4. The Hall–Kier alpha value is -3.42. The molecule has 2 aliphatic heterocycles. The highest BCUT2D eigenvalue weighted by molar-refractivity contribution is 6.10. The van der Waals surface area contributed by atoms with Gasteiger partial charge in [0.25, 0.3) is 0 Å². The fourth-order valence-corrected chi connectivity index (χ4v) is 4.82. The van der Waals surface area contributed by atoms with Crippen LogP contribution in [0.25, 0.3) is 0 Å². The van der Waals surface area contributed by atoms with Crippen molar-refractivity contribution in [3.8, 4) is 11.5 Å². The van der Waals surface area contributed by atoms with Crippen molar-refractivity contribution in [1.82, 2.24) is 9.80 Å². The minimum atomic E-state index is -1.24. The Morgan fingerprint density at radius 2 is 1.91 bits per heavy atom. The average molecular weight is 469 g/mol. The van der Waals surface area contributed by atoms with Gasteiger partial charge in [0.2, 0.25) is 17.7 Å². The standard InChI is InChI=1S/C26H29FN2O5/c1-28-23(30)14-26(25(28)32,19-6-3-7-22(13-19)33-2)15-24(31)29-12-4-5-18(16-29)17-34-21-10-8-20(27)9-11-21/h3,6-11,13,18H,4-5,12,14-17H2,1-2H3. The summed E-state index contributed by atoms with van der Waals surface area (Å²) in [5, 5.41) is 0. The van der Waals surface area contributed by atoms with Gasteiger partial charge >= 0.3 is 0 Å². The van der Waals surface area contributed by atoms with Crippen LogP contribution in [0.4, 0.5) is 4.39 Å². The van der Waals surface area contributed by atoms with Gasteiger partial charge in [0, 0.05) is 38.9 Å². The number of imide groups is 1. The maximum Gasteiger partial charge on any atom is 0.240 e. The van der Waals surface area contributed by atoms with Crippen molar-refractivity contribution in [2.75, 3.05) is 33.9 Å². The quantitative estimate of drug-likeness (QED) is 0.584. The molecule has 2 heterocycles. The molecule has 0 aliphatic carbocycles. The zero-order chi connectivity index (χ0) is 24.3. The van der Waals surface area contributed by atoms with Crippen LogP contribution < -0.4 is 9.47 Å². The number of hydrogen-bond acceptors (Lipinski definition) is 5. The van der Waals surface area contributed by atoms with Gasteiger partial charge in [-0.1, -0.05) is 12.1 Å². The molecule has 3 amide bonds. The molecule has 34 heavy (non-hydrogen) atoms. The van der Waals surface area contributed by atoms with Crippen molar-refractivity contribution in [1.29, 1.82) is 0 Å². The lowest BCUT2D eigenvalue weighted by Crippen LogP contribution is -2.46. The second kappa shape index (κ2) is 9.83. The van der Waals surface area contributed by atoms with Crippen LogP contribution in [-0.2, 0) is 19.8 Å². The van der Waals surface area contributed by atoms with Gasteiger partial charge in [-0.25, -0.2) is 4.39 Å². The third-order valence-electron chi connectivity index (χ3n) is 6.79. The van der Waals surface area contributed by atoms with Crippen LogP contribution in [0.5, 0.6) is 11.5 Å². The lowest BCUT2D eigenvalue weighted by Gasteiger charge is -2.35. The van der Waals surface area contributed by atoms with Crippen molar-refractivity contribution in [2.45, 2.75) is 31.1 Å². The summed E-state index contributed by atoms with van der Waals surface area (Å²) in [6.45, 7) is 1.51. The summed E-state index contributed by atoms with van der Waals surface area (Å²) in [7, 11) is 2.99. The van der Waals surface area contributed by atoms with E-state index < -0.39 is 5.41 Å². The summed E-state index contributed by atoms with van der Waals surface area (Å²) in [6.07, 6.45) is 1.60. The maximum absolute atomic E-state index is 13.4. The molecule has 180 valence electrons. The number of carbonyl (C=O) groups excluding carboxylic acids is 3. The maximum atomic E-state index is 13.4. The highest BCUT2D eigenvalue weighted by atomic mass is 19.1. The number of hydrogen-bond donors (Lipinski definition) is 0. The topological polar surface area (TPSA) is 76.2 Å². The van der Waals surface area contributed by atoms with Crippen molar-refractivity contribution in [3.05, 3.63) is 59.9 Å². The Kier molecular flexibility index (Phi) is 6.86. The van der Waals surface area contributed by atoms with Gasteiger partial charge in [-0.05, 0) is 54.8 Å². The Morgan fingerprint density at radius 1 is 1.15 bits per heavy atom. The molecule has 8 heteroatoms. The monoisotopic (exact) mass is 468 g/mol. The summed E-state index contributed by atoms with van der Waals surface area (Å²) in [6, 6.07) is 12.9. The second-order valence-corrected chi connectivity index (χ2v) is 9.04. The Labute approximate surface area is 198 Å². The van der Waals surface area contributed by atoms with Gasteiger partial charge in [0.15, 0.2) is 0 Å². The van der Waals surface area contributed by atoms with Crippen molar-refractivity contribution in [2.24, 2.45) is 5.92 Å². The van der Waals surface area contributed by atoms with E-state index in [2.05, 4.69) is 0 Å². The zero-order valence-electron chi connectivity index (χ0n) is 19.5. The first-order valence-corrected chi connectivity index (χ1v) is 11.4. The summed E-state index contributed by atoms with van der Waals surface area (Å²) in [5.41, 5.74) is -0.634. The molecule has 7 nitrogen and oxygen atoms in total. The fraction of sp³-hybridized carbons (Fsp3) is 0.423. The van der Waals surface area contributed by atoms with Crippen LogP contribution in [0.3, 0.4) is 0 Å². The Bertz CT molecular complexity index is 1070. The number of halogens is 1. The van der Waals surface area contributed by atoms with Crippen molar-refractivity contribution in [3.63, 3.8) is 0 Å². The van der Waals surface area contributed by atoms with E-state index in [1.807, 2.05) is 0 Å². The van der Waals surface area contributed by atoms with Gasteiger partial charge < -0.3 is 14.4 Å². The van der Waals surface area contributed by atoms with Crippen molar-refractivity contribution >= 4 is 17.7 Å². The molecular weight excluding hydrogens is 439 g/mol. The Morgan fingerprint density at radius 3 is 2.59 bits per heavy atom. The molecule has 0 radical (unpaired) electrons. The SMILES string of the molecule is COc1cccc(C2(CC(=O)N3CCCC(COc4ccc(F)cc4)C3)CC(=O)N(C)C2=O)c1. The fourth-order valence-electron chi connectivity index (χ4n) is 4.82. The summed E-state index contributed by atoms with van der Waals surface area (Å²) >= 11 is 0. The van der Waals surface area contributed by atoms with Crippen LogP contribution in [0, 0.1) is 11.7 Å². The van der Waals surface area contributed by atoms with E-state index in [0.29, 0.717) is 36.8 Å². The number of carbonyl (C=O) groups is 3. The summed E-state index contributed by atoms with van der Waals surface area (Å²) < 4.78 is 24.2. The van der Waals surface area contributed by atoms with E-state index in [1.54, 1.807) is 41.3 Å². The molecule has 2 aromatic carbocycles. The smallest absolute Gasteiger partial charge is 0.240 e. The molecule has 2 atom stereocenters. The van der Waals surface area contributed by atoms with E-state index in [0.717, 1.165) is 17.7 Å². The second-order valence-electron chi connectivity index (χ2n) is 9.04. The van der Waals surface area contributed by atoms with Crippen LogP contribution in [0.2, 0.25) is 0 Å². The number of methoxy groups -OCH3 is 1. The molecule has 0 N–H and O–H groups in total. The predicted octanol–water partition coefficient (Wildman–Crippen LogP) is 3.17. The molecule has 0 aromatic heterocycles. The average Bonchev–Trinajstić information content (AvgIpc) is 3.08. The van der Waals surface area contributed by atoms with E-state index in [1.165, 1.54) is 26.3 Å². The predicted molar refractivity (Wildman–Crippen MR) is 123 cm³/mol.